The molecule has 0 atom stereocenters. The van der Waals surface area contributed by atoms with Gasteiger partial charge in [0.05, 0.1) is 17.9 Å². The topological polar surface area (TPSA) is 94.7 Å². The van der Waals surface area contributed by atoms with Crippen molar-refractivity contribution in [1.82, 2.24) is 4.98 Å². The molecule has 1 heterocycles. The number of carbonyl (C=O) groups excluding carboxylic acids is 1. The Morgan fingerprint density at radius 3 is 2.48 bits per heavy atom. The van der Waals surface area contributed by atoms with Crippen molar-refractivity contribution in [1.29, 1.82) is 0 Å². The molecule has 0 aliphatic carbocycles. The Balaban J connectivity index is 2.42. The first-order valence-electron chi connectivity index (χ1n) is 11.0. The zero-order valence-corrected chi connectivity index (χ0v) is 19.9. The van der Waals surface area contributed by atoms with Crippen LogP contribution >= 0.6 is 0 Å². The molecule has 0 bridgehead atoms. The Bertz CT molecular complexity index is 1040. The summed E-state index contributed by atoms with van der Waals surface area (Å²) in [6.07, 6.45) is 3.89. The number of halogens is 1. The van der Waals surface area contributed by atoms with Gasteiger partial charge in [-0.15, -0.1) is 0 Å². The molecule has 2 rings (SSSR count). The Labute approximate surface area is 194 Å². The van der Waals surface area contributed by atoms with Gasteiger partial charge in [-0.1, -0.05) is 32.0 Å². The molecule has 0 radical (unpaired) electrons. The molecule has 0 saturated carbocycles. The molecule has 0 saturated heterocycles. The largest absolute Gasteiger partial charge is 0.512 e. The molecule has 6 nitrogen and oxygen atoms in total. The van der Waals surface area contributed by atoms with Crippen molar-refractivity contribution in [2.24, 2.45) is 5.73 Å². The van der Waals surface area contributed by atoms with Crippen molar-refractivity contribution >= 4 is 11.5 Å². The number of hydrogen-bond donors (Lipinski definition) is 2. The second-order valence-corrected chi connectivity index (χ2v) is 8.47. The Morgan fingerprint density at radius 1 is 1.18 bits per heavy atom. The number of allylic oxidation sites excluding steroid dienone is 4. The summed E-state index contributed by atoms with van der Waals surface area (Å²) < 4.78 is 26.5. The number of esters is 1. The van der Waals surface area contributed by atoms with Crippen molar-refractivity contribution in [3.8, 4) is 5.75 Å². The molecule has 7 heteroatoms. The average Bonchev–Trinajstić information content (AvgIpc) is 2.76. The second kappa shape index (κ2) is 11.6. The van der Waals surface area contributed by atoms with Crippen molar-refractivity contribution in [3.63, 3.8) is 0 Å². The normalized spacial score (nSPS) is 12.9. The molecule has 33 heavy (non-hydrogen) atoms. The van der Waals surface area contributed by atoms with Gasteiger partial charge in [0.15, 0.2) is 5.82 Å². The summed E-state index contributed by atoms with van der Waals surface area (Å²) in [5.41, 5.74) is 6.28. The van der Waals surface area contributed by atoms with Gasteiger partial charge in [0, 0.05) is 42.3 Å². The van der Waals surface area contributed by atoms with E-state index in [1.54, 1.807) is 31.2 Å². The number of pyridine rings is 1. The molecule has 0 aliphatic rings. The van der Waals surface area contributed by atoms with Gasteiger partial charge in [0.25, 0.3) is 0 Å². The number of para-hydroxylation sites is 1. The van der Waals surface area contributed by atoms with Gasteiger partial charge >= 0.3 is 5.97 Å². The first-order chi connectivity index (χ1) is 15.6. The summed E-state index contributed by atoms with van der Waals surface area (Å²) in [6.45, 7) is 9.04. The van der Waals surface area contributed by atoms with Crippen LogP contribution in [-0.4, -0.2) is 21.7 Å². The van der Waals surface area contributed by atoms with Crippen LogP contribution in [0.25, 0.3) is 5.57 Å². The smallest absolute Gasteiger partial charge is 0.310 e. The SMILES string of the molecule is CC/C(O)=C(\C=C(/CC)Oc1ccccc1CC(=O)OC(C)(C)C)c1ccnc(CN)c1F. The van der Waals surface area contributed by atoms with Crippen molar-refractivity contribution < 1.29 is 23.8 Å². The van der Waals surface area contributed by atoms with Gasteiger partial charge in [0.2, 0.25) is 0 Å². The maximum Gasteiger partial charge on any atom is 0.310 e. The standard InChI is InChI=1S/C26H33FN2O4/c1-6-18(15-20(22(30)7-2)19-12-13-29-21(16-28)25(19)27)32-23-11-9-8-10-17(23)14-24(31)33-26(3,4)5/h8-13,15,30H,6-7,14,16,28H2,1-5H3/b18-15+,22-20-. The van der Waals surface area contributed by atoms with E-state index < -0.39 is 11.4 Å². The average molecular weight is 457 g/mol. The van der Waals surface area contributed by atoms with Crippen molar-refractivity contribution in [2.75, 3.05) is 0 Å². The van der Waals surface area contributed by atoms with E-state index in [9.17, 15) is 14.3 Å². The highest BCUT2D eigenvalue weighted by Crippen LogP contribution is 2.29. The predicted octanol–water partition coefficient (Wildman–Crippen LogP) is 5.62. The summed E-state index contributed by atoms with van der Waals surface area (Å²) in [5.74, 6) is 0.0569. The molecule has 2 aromatic rings. The highest BCUT2D eigenvalue weighted by molar-refractivity contribution is 5.77. The van der Waals surface area contributed by atoms with Crippen molar-refractivity contribution in [2.45, 2.75) is 66.0 Å². The van der Waals surface area contributed by atoms with Crippen molar-refractivity contribution in [3.05, 3.63) is 76.8 Å². The molecule has 3 N–H and O–H groups in total. The van der Waals surface area contributed by atoms with Crippen LogP contribution in [0.4, 0.5) is 4.39 Å². The molecule has 1 aromatic heterocycles. The van der Waals surface area contributed by atoms with Crippen LogP contribution in [0.3, 0.4) is 0 Å². The van der Waals surface area contributed by atoms with Crippen LogP contribution in [0, 0.1) is 5.82 Å². The number of ether oxygens (including phenoxy) is 2. The van der Waals surface area contributed by atoms with E-state index in [-0.39, 0.29) is 36.0 Å². The first-order valence-corrected chi connectivity index (χ1v) is 11.0. The Hall–Kier alpha value is -3.19. The number of aliphatic hydroxyl groups excluding tert-OH is 1. The van der Waals surface area contributed by atoms with Gasteiger partial charge in [-0.2, -0.15) is 0 Å². The van der Waals surface area contributed by atoms with E-state index >= 15 is 0 Å². The fourth-order valence-electron chi connectivity index (χ4n) is 3.13. The molecular weight excluding hydrogens is 423 g/mol. The third-order valence-electron chi connectivity index (χ3n) is 4.71. The summed E-state index contributed by atoms with van der Waals surface area (Å²) in [5, 5.41) is 10.6. The maximum absolute atomic E-state index is 14.9. The Kier molecular flexibility index (Phi) is 9.17. The van der Waals surface area contributed by atoms with Crippen LogP contribution in [-0.2, 0) is 22.5 Å². The molecule has 0 amide bonds. The third-order valence-corrected chi connectivity index (χ3v) is 4.71. The van der Waals surface area contributed by atoms with Gasteiger partial charge in [-0.25, -0.2) is 4.39 Å². The minimum atomic E-state index is -0.588. The lowest BCUT2D eigenvalue weighted by molar-refractivity contribution is -0.153. The van der Waals surface area contributed by atoms with Crippen LogP contribution < -0.4 is 10.5 Å². The highest BCUT2D eigenvalue weighted by Gasteiger charge is 2.19. The van der Waals surface area contributed by atoms with E-state index in [0.29, 0.717) is 35.5 Å². The zero-order valence-electron chi connectivity index (χ0n) is 19.9. The molecule has 0 unspecified atom stereocenters. The number of nitrogens with zero attached hydrogens (tertiary/aromatic N) is 1. The molecule has 1 aromatic carbocycles. The molecule has 0 aliphatic heterocycles. The van der Waals surface area contributed by atoms with Crippen LogP contribution in [0.2, 0.25) is 0 Å². The van der Waals surface area contributed by atoms with E-state index in [1.807, 2.05) is 33.8 Å². The molecule has 178 valence electrons. The number of hydrogen-bond acceptors (Lipinski definition) is 6. The zero-order chi connectivity index (χ0) is 24.6. The lowest BCUT2D eigenvalue weighted by atomic mass is 10.0. The summed E-state index contributed by atoms with van der Waals surface area (Å²) in [4.78, 5) is 16.3. The Morgan fingerprint density at radius 2 is 1.88 bits per heavy atom. The molecular formula is C26H33FN2O4. The maximum atomic E-state index is 14.9. The minimum Gasteiger partial charge on any atom is -0.512 e. The number of aromatic nitrogens is 1. The summed E-state index contributed by atoms with van der Waals surface area (Å²) in [7, 11) is 0. The lowest BCUT2D eigenvalue weighted by Crippen LogP contribution is -2.25. The summed E-state index contributed by atoms with van der Waals surface area (Å²) in [6, 6.07) is 8.67. The number of nitrogens with two attached hydrogens (primary N) is 1. The predicted molar refractivity (Wildman–Crippen MR) is 127 cm³/mol. The van der Waals surface area contributed by atoms with Gasteiger partial charge in [-0.3, -0.25) is 9.78 Å². The number of rotatable bonds is 9. The van der Waals surface area contributed by atoms with Gasteiger partial charge < -0.3 is 20.3 Å². The molecule has 0 spiro atoms. The van der Waals surface area contributed by atoms with E-state index in [1.165, 1.54) is 12.3 Å². The van der Waals surface area contributed by atoms with E-state index in [2.05, 4.69) is 4.98 Å². The van der Waals surface area contributed by atoms with E-state index in [0.717, 1.165) is 0 Å². The minimum absolute atomic E-state index is 0.0136. The van der Waals surface area contributed by atoms with Crippen LogP contribution in [0.15, 0.2) is 54.1 Å². The van der Waals surface area contributed by atoms with Gasteiger partial charge in [-0.05, 0) is 39.0 Å². The lowest BCUT2D eigenvalue weighted by Gasteiger charge is -2.20. The second-order valence-electron chi connectivity index (χ2n) is 8.47. The summed E-state index contributed by atoms with van der Waals surface area (Å²) >= 11 is 0. The van der Waals surface area contributed by atoms with Crippen LogP contribution in [0.1, 0.15) is 64.3 Å². The highest BCUT2D eigenvalue weighted by atomic mass is 19.1. The first kappa shape index (κ1) is 26.1. The fourth-order valence-corrected chi connectivity index (χ4v) is 3.13. The van der Waals surface area contributed by atoms with Crippen LogP contribution in [0.5, 0.6) is 5.75 Å². The number of aliphatic hydroxyl groups is 1. The van der Waals surface area contributed by atoms with Gasteiger partial charge in [0.1, 0.15) is 17.1 Å². The van der Waals surface area contributed by atoms with E-state index in [4.69, 9.17) is 15.2 Å². The number of carbonyl (C=O) groups is 1. The quantitative estimate of drug-likeness (QED) is 0.289. The number of benzene rings is 1. The monoisotopic (exact) mass is 456 g/mol. The fraction of sp³-hybridized carbons (Fsp3) is 0.385. The third kappa shape index (κ3) is 7.43. The molecule has 0 fully saturated rings.